The predicted octanol–water partition coefficient (Wildman–Crippen LogP) is 24.7. The molecule has 9 fully saturated rings. The quantitative estimate of drug-likeness (QED) is 0.187. The third-order valence-electron chi connectivity index (χ3n) is 19.8. The van der Waals surface area contributed by atoms with Crippen molar-refractivity contribution in [3.63, 3.8) is 0 Å². The van der Waals surface area contributed by atoms with Crippen LogP contribution in [0.5, 0.6) is 0 Å². The molecule has 3 atom stereocenters. The smallest absolute Gasteiger partial charge is 0.0138 e. The fraction of sp³-hybridized carbons (Fsp3) is 1.00. The van der Waals surface area contributed by atoms with Crippen LogP contribution in [0.25, 0.3) is 0 Å². The van der Waals surface area contributed by atoms with Gasteiger partial charge in [-0.05, 0) is 25.5 Å². The van der Waals surface area contributed by atoms with Crippen LogP contribution in [0.3, 0.4) is 0 Å². The van der Waals surface area contributed by atoms with Gasteiger partial charge in [0.25, 0.3) is 0 Å². The van der Waals surface area contributed by atoms with E-state index in [1.807, 2.05) is 0 Å². The van der Waals surface area contributed by atoms with Crippen molar-refractivity contribution in [2.75, 3.05) is 0 Å². The van der Waals surface area contributed by atoms with Gasteiger partial charge < -0.3 is 0 Å². The zero-order valence-corrected chi connectivity index (χ0v) is 54.7. The van der Waals surface area contributed by atoms with Crippen molar-refractivity contribution in [1.29, 1.82) is 0 Å². The molecule has 9 aliphatic carbocycles. The van der Waals surface area contributed by atoms with Gasteiger partial charge in [0.1, 0.15) is 0 Å². The van der Waals surface area contributed by atoms with E-state index in [0.717, 1.165) is 25.5 Å². The van der Waals surface area contributed by atoms with E-state index in [9.17, 15) is 0 Å². The average Bonchev–Trinajstić information content (AvgIpc) is 3.77. The molecule has 0 nitrogen and oxygen atoms in total. The summed E-state index contributed by atoms with van der Waals surface area (Å²) in [6, 6.07) is 0. The second kappa shape index (κ2) is 29.0. The first-order chi connectivity index (χ1) is 31.8. The molecule has 10 heteroatoms. The van der Waals surface area contributed by atoms with Gasteiger partial charge >= 0.3 is 375 Å². The van der Waals surface area contributed by atoms with Gasteiger partial charge in [0.15, 0.2) is 0 Å². The van der Waals surface area contributed by atoms with E-state index >= 15 is 0 Å². The molecule has 0 spiro atoms. The minimum Gasteiger partial charge on any atom is -0.0734 e. The number of hydrogen-bond donors (Lipinski definition) is 0. The molecular weight excluding hydrogens is 1080 g/mol. The topological polar surface area (TPSA) is 0 Å². The maximum Gasteiger partial charge on any atom is -0.0138 e. The van der Waals surface area contributed by atoms with Crippen LogP contribution in [0, 0.1) is 0 Å². The molecular formula is C54H102Ge3P7. The van der Waals surface area contributed by atoms with Crippen molar-refractivity contribution < 1.29 is 0 Å². The Hall–Kier alpha value is 3.73. The van der Waals surface area contributed by atoms with Crippen LogP contribution in [-0.2, 0) is 0 Å². The Bertz CT molecular complexity index is 1260. The van der Waals surface area contributed by atoms with Crippen molar-refractivity contribution in [2.24, 2.45) is 0 Å². The van der Waals surface area contributed by atoms with Gasteiger partial charge in [0.2, 0.25) is 0 Å². The Kier molecular flexibility index (Phi) is 23.8. The molecule has 64 heavy (non-hydrogen) atoms. The maximum absolute atomic E-state index is 1.66. The summed E-state index contributed by atoms with van der Waals surface area (Å²) in [6.45, 7) is 0. The number of hydrogen-bond acceptors (Lipinski definition) is 0. The largest absolute Gasteiger partial charge is 0.0734 e. The van der Waals surface area contributed by atoms with E-state index in [2.05, 4.69) is 0 Å². The van der Waals surface area contributed by atoms with Crippen molar-refractivity contribution in [3.05, 3.63) is 0 Å². The van der Waals surface area contributed by atoms with Crippen molar-refractivity contribution in [1.82, 2.24) is 0 Å². The van der Waals surface area contributed by atoms with Gasteiger partial charge in [-0.1, -0.05) is 22.6 Å². The van der Waals surface area contributed by atoms with Crippen LogP contribution in [0.2, 0.25) is 42.8 Å². The van der Waals surface area contributed by atoms with E-state index in [4.69, 9.17) is 0 Å². The van der Waals surface area contributed by atoms with E-state index in [-0.39, 0.29) is 0 Å². The summed E-state index contributed by atoms with van der Waals surface area (Å²) in [5.41, 5.74) is 0. The van der Waals surface area contributed by atoms with Crippen molar-refractivity contribution in [3.8, 4) is 0 Å². The fourth-order valence-corrected chi connectivity index (χ4v) is 223. The monoisotopic (exact) mass is 1190 g/mol. The summed E-state index contributed by atoms with van der Waals surface area (Å²) in [7, 11) is 4.85. The first-order valence-electron chi connectivity index (χ1n) is 29.9. The first-order valence-corrected chi connectivity index (χ1v) is 56.3. The van der Waals surface area contributed by atoms with Crippen LogP contribution >= 0.6 is 48.1 Å². The molecule has 9 aliphatic rings. The van der Waals surface area contributed by atoms with Gasteiger partial charge in [-0.2, -0.15) is 0 Å². The van der Waals surface area contributed by atoms with Crippen LogP contribution in [0.1, 0.15) is 289 Å². The molecule has 0 saturated heterocycles. The second-order valence-electron chi connectivity index (χ2n) is 24.0. The van der Waals surface area contributed by atoms with Crippen LogP contribution in [0.15, 0.2) is 0 Å². The minimum atomic E-state index is -0.801. The summed E-state index contributed by atoms with van der Waals surface area (Å²) in [5.74, 6) is 0. The molecule has 13 rings (SSSR count). The van der Waals surface area contributed by atoms with E-state index in [0.29, 0.717) is 0 Å². The molecule has 0 amide bonds. The summed E-state index contributed by atoms with van der Waals surface area (Å²) in [5, 5.41) is 0. The second-order valence-corrected chi connectivity index (χ2v) is 84.8. The third kappa shape index (κ3) is 15.4. The standard InChI is InChI=1S/3C18H33Ge.H3P7/c3*1-4-10-16(11-5-1)19(17-12-6-2-7-13-17)18-14-8-3-9-15-18;1-4-2-6-5(1)7(6)3-4/h3*16-18H,1-15H2;1-3H. The van der Waals surface area contributed by atoms with Gasteiger partial charge in [0.05, 0.1) is 0 Å². The molecule has 9 saturated carbocycles. The summed E-state index contributed by atoms with van der Waals surface area (Å²) < 4.78 is 11.6. The molecule has 4 heterocycles. The summed E-state index contributed by atoms with van der Waals surface area (Å²) >= 11 is -2.40. The summed E-state index contributed by atoms with van der Waals surface area (Å²) in [6.07, 6.45) is 75.9. The molecule has 4 aromatic rings. The molecule has 365 valence electrons. The molecule has 4 aromatic heterocycles. The van der Waals surface area contributed by atoms with E-state index < -0.39 is 43.0 Å². The Labute approximate surface area is 419 Å². The van der Waals surface area contributed by atoms with Gasteiger partial charge in [-0.3, -0.25) is 0 Å². The Morgan fingerprint density at radius 2 is 0.312 bits per heavy atom. The maximum atomic E-state index is 1.66. The fourth-order valence-electron chi connectivity index (χ4n) is 16.6. The van der Waals surface area contributed by atoms with Crippen LogP contribution in [0.4, 0.5) is 0 Å². The van der Waals surface area contributed by atoms with Crippen LogP contribution < -0.4 is 0 Å². The first kappa shape index (κ1) is 52.6. The average molecular weight is 1190 g/mol. The molecule has 0 aromatic carbocycles. The normalized spacial score (nSPS) is 28.7. The zero-order chi connectivity index (χ0) is 43.2. The molecule has 3 unspecified atom stereocenters. The third-order valence-corrected chi connectivity index (χ3v) is 130. The van der Waals surface area contributed by atoms with Crippen molar-refractivity contribution >= 4 is 91.2 Å². The Morgan fingerprint density at radius 1 is 0.188 bits per heavy atom. The zero-order valence-electron chi connectivity index (χ0n) is 41.8. The van der Waals surface area contributed by atoms with Crippen molar-refractivity contribution in [2.45, 2.75) is 332 Å². The van der Waals surface area contributed by atoms with E-state index in [1.54, 1.807) is 312 Å². The Morgan fingerprint density at radius 3 is 0.406 bits per heavy atom. The number of rotatable bonds is 9. The van der Waals surface area contributed by atoms with Crippen LogP contribution in [-0.4, -0.2) is 43.0 Å². The minimum absolute atomic E-state index is 0.801. The molecule has 3 radical (unpaired) electrons. The molecule has 4 bridgehead atoms. The van der Waals surface area contributed by atoms with Gasteiger partial charge in [-0.15, -0.1) is 0 Å². The van der Waals surface area contributed by atoms with E-state index in [1.165, 1.54) is 42.8 Å². The predicted molar refractivity (Wildman–Crippen MR) is 311 cm³/mol. The SMILES string of the molecule is C1CC[CH]([Ge]([CH]2CCCCC2)[CH]2CCCCC2)CC1.C1CC[CH]([Ge]([CH]2CCCCC2)[CH]2CCCCC2)CC1.C1CC[CH]([Ge]([CH]2CCCCC2)[CH]2CCCCC2)CC1.[pH]1p2[pH]p3p1p3[pH]2. The van der Waals surface area contributed by atoms with Gasteiger partial charge in [-0.25, -0.2) is 0 Å². The Balaban J connectivity index is 0.000000112. The molecule has 0 N–H and O–H groups in total. The van der Waals surface area contributed by atoms with Gasteiger partial charge in [0, 0.05) is 0 Å². The summed E-state index contributed by atoms with van der Waals surface area (Å²) in [4.78, 5) is 0. The molecule has 0 aliphatic heterocycles.